The minimum Gasteiger partial charge on any atom is -0.397 e. The van der Waals surface area contributed by atoms with Crippen LogP contribution in [0, 0.1) is 4.77 Å². The first-order valence-electron chi connectivity index (χ1n) is 3.64. The van der Waals surface area contributed by atoms with Gasteiger partial charge < -0.3 is 5.73 Å². The molecule has 0 aliphatic heterocycles. The van der Waals surface area contributed by atoms with Gasteiger partial charge in [0.05, 0.1) is 11.4 Å². The maximum atomic E-state index is 5.74. The van der Waals surface area contributed by atoms with Crippen LogP contribution in [-0.2, 0) is 0 Å². The molecule has 0 saturated carbocycles. The van der Waals surface area contributed by atoms with E-state index >= 15 is 0 Å². The molecule has 0 saturated heterocycles. The smallest absolute Gasteiger partial charge is 0.242 e. The molecule has 0 bridgehead atoms. The quantitative estimate of drug-likeness (QED) is 0.572. The second kappa shape index (κ2) is 4.21. The van der Waals surface area contributed by atoms with Gasteiger partial charge in [0.25, 0.3) is 0 Å². The van der Waals surface area contributed by atoms with Crippen LogP contribution in [-0.4, -0.2) is 20.2 Å². The Bertz CT molecular complexity index is 477. The highest BCUT2D eigenvalue weighted by Crippen LogP contribution is 2.14. The summed E-state index contributed by atoms with van der Waals surface area (Å²) in [5.41, 5.74) is 7.13. The lowest BCUT2D eigenvalue weighted by Crippen LogP contribution is -2.01. The summed E-state index contributed by atoms with van der Waals surface area (Å²) in [6.07, 6.45) is 0. The fourth-order valence-electron chi connectivity index (χ4n) is 1.05. The summed E-state index contributed by atoms with van der Waals surface area (Å²) in [7, 11) is 0. The van der Waals surface area contributed by atoms with Gasteiger partial charge in [-0.1, -0.05) is 22.4 Å². The van der Waals surface area contributed by atoms with Gasteiger partial charge in [-0.3, -0.25) is 0 Å². The summed E-state index contributed by atoms with van der Waals surface area (Å²) in [4.78, 5) is 0. The van der Waals surface area contributed by atoms with Crippen LogP contribution in [0.5, 0.6) is 0 Å². The topological polar surface area (TPSA) is 72.5 Å². The van der Waals surface area contributed by atoms with Crippen LogP contribution in [0.4, 0.5) is 5.69 Å². The first-order valence-corrected chi connectivity index (χ1v) is 4.05. The number of aromatic amines is 1. The van der Waals surface area contributed by atoms with Crippen LogP contribution >= 0.6 is 24.6 Å². The van der Waals surface area contributed by atoms with Gasteiger partial charge in [-0.25, -0.2) is 4.68 Å². The molecule has 3 N–H and O–H groups in total. The predicted molar refractivity (Wildman–Crippen MR) is 58.2 cm³/mol. The number of para-hydroxylation sites is 2. The molecule has 0 atom stereocenters. The van der Waals surface area contributed by atoms with Crippen molar-refractivity contribution >= 4 is 30.3 Å². The van der Waals surface area contributed by atoms with Crippen LogP contribution in [0.1, 0.15) is 0 Å². The zero-order valence-corrected chi connectivity index (χ0v) is 8.68. The van der Waals surface area contributed by atoms with E-state index in [1.807, 2.05) is 18.2 Å². The molecule has 1 aromatic carbocycles. The Hall–Kier alpha value is -1.40. The van der Waals surface area contributed by atoms with E-state index in [0.717, 1.165) is 5.69 Å². The molecule has 2 rings (SSSR count). The Morgan fingerprint density at radius 2 is 2.07 bits per heavy atom. The number of nitrogens with one attached hydrogen (secondary N) is 1. The highest BCUT2D eigenvalue weighted by atomic mass is 35.5. The lowest BCUT2D eigenvalue weighted by Gasteiger charge is -2.02. The van der Waals surface area contributed by atoms with Crippen molar-refractivity contribution in [2.45, 2.75) is 0 Å². The van der Waals surface area contributed by atoms with Crippen LogP contribution < -0.4 is 5.73 Å². The number of benzene rings is 1. The van der Waals surface area contributed by atoms with Crippen molar-refractivity contribution in [1.29, 1.82) is 0 Å². The molecule has 2 aromatic rings. The number of nitrogen functional groups attached to an aromatic ring is 1. The number of nitrogens with zero attached hydrogens (tertiary/aromatic N) is 3. The molecular weight excluding hydrogens is 222 g/mol. The zero-order valence-electron chi connectivity index (χ0n) is 7.04. The maximum Gasteiger partial charge on any atom is 0.242 e. The Morgan fingerprint density at radius 1 is 1.36 bits per heavy atom. The highest BCUT2D eigenvalue weighted by molar-refractivity contribution is 7.71. The summed E-state index contributed by atoms with van der Waals surface area (Å²) in [6, 6.07) is 7.35. The first-order chi connectivity index (χ1) is 6.29. The average Bonchev–Trinajstić information content (AvgIpc) is 2.52. The summed E-state index contributed by atoms with van der Waals surface area (Å²) < 4.78 is 1.91. The Morgan fingerprint density at radius 3 is 2.64 bits per heavy atom. The molecule has 5 nitrogen and oxygen atoms in total. The zero-order chi connectivity index (χ0) is 9.26. The number of H-pyrrole nitrogens is 1. The number of hydrogen-bond donors (Lipinski definition) is 2. The normalized spacial score (nSPS) is 9.43. The third-order valence-electron chi connectivity index (χ3n) is 1.65. The molecule has 0 fully saturated rings. The number of aromatic nitrogens is 4. The fraction of sp³-hybridized carbons (Fsp3) is 0. The van der Waals surface area contributed by atoms with Crippen molar-refractivity contribution < 1.29 is 0 Å². The SMILES string of the molecule is Cl.Nc1ccccc1-n1[nH]nnc1=S. The lowest BCUT2D eigenvalue weighted by atomic mass is 10.3. The standard InChI is InChI=1S/C7H7N5S.ClH/c8-5-3-1-2-4-6(5)12-7(13)9-10-11-12;/h1-4H,8H2,(H,9,11,13);1H. The Balaban J connectivity index is 0.000000980. The highest BCUT2D eigenvalue weighted by Gasteiger charge is 2.01. The average molecular weight is 230 g/mol. The molecule has 0 amide bonds. The Labute approximate surface area is 91.3 Å². The summed E-state index contributed by atoms with van der Waals surface area (Å²) in [6.45, 7) is 0. The van der Waals surface area contributed by atoms with Crippen LogP contribution in [0.3, 0.4) is 0 Å². The molecule has 1 aromatic heterocycles. The number of tetrazole rings is 1. The van der Waals surface area contributed by atoms with Crippen molar-refractivity contribution in [2.75, 3.05) is 5.73 Å². The molecule has 7 heteroatoms. The van der Waals surface area contributed by atoms with Crippen molar-refractivity contribution in [1.82, 2.24) is 20.2 Å². The van der Waals surface area contributed by atoms with Gasteiger partial charge in [-0.2, -0.15) is 5.21 Å². The van der Waals surface area contributed by atoms with E-state index in [9.17, 15) is 0 Å². The largest absolute Gasteiger partial charge is 0.397 e. The molecule has 0 aliphatic carbocycles. The first kappa shape index (κ1) is 10.7. The monoisotopic (exact) mass is 229 g/mol. The van der Waals surface area contributed by atoms with Gasteiger partial charge in [-0.05, 0) is 24.4 Å². The fourth-order valence-corrected chi connectivity index (χ4v) is 1.23. The van der Waals surface area contributed by atoms with Gasteiger partial charge >= 0.3 is 0 Å². The van der Waals surface area contributed by atoms with Crippen molar-refractivity contribution in [3.8, 4) is 5.69 Å². The minimum atomic E-state index is 0. The van der Waals surface area contributed by atoms with Crippen molar-refractivity contribution in [3.05, 3.63) is 29.0 Å². The lowest BCUT2D eigenvalue weighted by molar-refractivity contribution is 0.787. The molecule has 14 heavy (non-hydrogen) atoms. The number of halogens is 1. The third kappa shape index (κ3) is 1.75. The second-order valence-electron chi connectivity index (χ2n) is 2.48. The van der Waals surface area contributed by atoms with Gasteiger partial charge in [0.2, 0.25) is 4.77 Å². The summed E-state index contributed by atoms with van der Waals surface area (Å²) in [5.74, 6) is 0. The van der Waals surface area contributed by atoms with Gasteiger partial charge in [0, 0.05) is 0 Å². The molecule has 0 radical (unpaired) electrons. The third-order valence-corrected chi connectivity index (χ3v) is 1.91. The van der Waals surface area contributed by atoms with Gasteiger partial charge in [-0.15, -0.1) is 12.4 Å². The van der Waals surface area contributed by atoms with E-state index in [1.54, 1.807) is 10.7 Å². The predicted octanol–water partition coefficient (Wildman–Crippen LogP) is 1.33. The molecule has 1 heterocycles. The second-order valence-corrected chi connectivity index (χ2v) is 2.84. The van der Waals surface area contributed by atoms with Crippen LogP contribution in [0.2, 0.25) is 0 Å². The molecular formula is C7H8ClN5S. The van der Waals surface area contributed by atoms with Crippen LogP contribution in [0.25, 0.3) is 5.69 Å². The molecule has 0 aliphatic rings. The van der Waals surface area contributed by atoms with Crippen molar-refractivity contribution in [3.63, 3.8) is 0 Å². The van der Waals surface area contributed by atoms with Crippen molar-refractivity contribution in [2.24, 2.45) is 0 Å². The van der Waals surface area contributed by atoms with E-state index in [-0.39, 0.29) is 12.4 Å². The van der Waals surface area contributed by atoms with E-state index in [2.05, 4.69) is 15.5 Å². The van der Waals surface area contributed by atoms with Gasteiger partial charge in [0.1, 0.15) is 0 Å². The van der Waals surface area contributed by atoms with E-state index in [0.29, 0.717) is 10.5 Å². The molecule has 0 spiro atoms. The minimum absolute atomic E-state index is 0. The number of anilines is 1. The maximum absolute atomic E-state index is 5.74. The van der Waals surface area contributed by atoms with Crippen LogP contribution in [0.15, 0.2) is 24.3 Å². The van der Waals surface area contributed by atoms with E-state index in [1.165, 1.54) is 0 Å². The van der Waals surface area contributed by atoms with E-state index in [4.69, 9.17) is 18.0 Å². The summed E-state index contributed by atoms with van der Waals surface area (Å²) >= 11 is 4.93. The molecule has 74 valence electrons. The molecule has 0 unspecified atom stereocenters. The van der Waals surface area contributed by atoms with Gasteiger partial charge in [0.15, 0.2) is 0 Å². The number of nitrogens with two attached hydrogens (primary N) is 1. The Kier molecular flexibility index (Phi) is 3.21. The summed E-state index contributed by atoms with van der Waals surface area (Å²) in [5, 5.41) is 9.85. The number of hydrogen-bond acceptors (Lipinski definition) is 4. The number of rotatable bonds is 1. The van der Waals surface area contributed by atoms with E-state index < -0.39 is 0 Å².